The molecule has 2 aromatic carbocycles. The standard InChI is InChI=1S/C26H26F3N3O4/c27-26(28,29)18-6-8-21-16(3-1-10-36-23(21)12-18)11-24(33)30-19-7-5-17-14-32(15-20-4-2-9-35-20)25(34)31-22(17)13-19/h5-8,11-13,20H,1-4,9-10,14-15H2,(H,30,33)(H,31,34)/b16-11+. The summed E-state index contributed by atoms with van der Waals surface area (Å²) in [5.74, 6) is -0.301. The summed E-state index contributed by atoms with van der Waals surface area (Å²) >= 11 is 0. The number of amides is 3. The van der Waals surface area contributed by atoms with Crippen LogP contribution >= 0.6 is 0 Å². The number of nitrogens with one attached hydrogen (secondary N) is 2. The van der Waals surface area contributed by atoms with Gasteiger partial charge in [0.15, 0.2) is 0 Å². The van der Waals surface area contributed by atoms with E-state index in [4.69, 9.17) is 9.47 Å². The minimum Gasteiger partial charge on any atom is -0.493 e. The van der Waals surface area contributed by atoms with Crippen molar-refractivity contribution in [2.45, 2.75) is 44.5 Å². The number of carbonyl (C=O) groups excluding carboxylic acids is 2. The highest BCUT2D eigenvalue weighted by Crippen LogP contribution is 2.38. The Labute approximate surface area is 206 Å². The van der Waals surface area contributed by atoms with Gasteiger partial charge in [-0.15, -0.1) is 0 Å². The molecule has 1 unspecified atom stereocenters. The molecule has 0 aromatic heterocycles. The first-order valence-corrected chi connectivity index (χ1v) is 11.9. The van der Waals surface area contributed by atoms with Crippen LogP contribution in [0.4, 0.5) is 29.3 Å². The molecule has 0 aliphatic carbocycles. The number of nitrogens with zero attached hydrogens (tertiary/aromatic N) is 1. The van der Waals surface area contributed by atoms with Gasteiger partial charge in [-0.1, -0.05) is 12.1 Å². The Hall–Kier alpha value is -3.53. The molecule has 1 saturated heterocycles. The molecule has 2 N–H and O–H groups in total. The zero-order valence-corrected chi connectivity index (χ0v) is 19.5. The molecule has 10 heteroatoms. The number of alkyl halides is 3. The zero-order valence-electron chi connectivity index (χ0n) is 19.5. The predicted octanol–water partition coefficient (Wildman–Crippen LogP) is 5.43. The van der Waals surface area contributed by atoms with E-state index in [1.54, 1.807) is 17.0 Å². The van der Waals surface area contributed by atoms with E-state index in [2.05, 4.69) is 10.6 Å². The summed E-state index contributed by atoms with van der Waals surface area (Å²) in [5, 5.41) is 5.66. The van der Waals surface area contributed by atoms with Crippen LogP contribution in [0.1, 0.15) is 42.4 Å². The highest BCUT2D eigenvalue weighted by molar-refractivity contribution is 6.05. The Bertz CT molecular complexity index is 1210. The van der Waals surface area contributed by atoms with Crippen LogP contribution < -0.4 is 15.4 Å². The lowest BCUT2D eigenvalue weighted by atomic mass is 9.99. The second-order valence-electron chi connectivity index (χ2n) is 9.14. The molecule has 7 nitrogen and oxygen atoms in total. The summed E-state index contributed by atoms with van der Waals surface area (Å²) < 4.78 is 50.4. The number of hydrogen-bond donors (Lipinski definition) is 2. The van der Waals surface area contributed by atoms with E-state index in [1.165, 1.54) is 12.1 Å². The van der Waals surface area contributed by atoms with Crippen LogP contribution in [0.15, 0.2) is 42.5 Å². The average molecular weight is 502 g/mol. The summed E-state index contributed by atoms with van der Waals surface area (Å²) in [4.78, 5) is 27.1. The Morgan fingerprint density at radius 1 is 1.17 bits per heavy atom. The minimum absolute atomic E-state index is 0.0588. The molecule has 3 aliphatic rings. The largest absolute Gasteiger partial charge is 0.493 e. The number of ether oxygens (including phenoxy) is 2. The van der Waals surface area contributed by atoms with Crippen molar-refractivity contribution >= 4 is 28.9 Å². The molecule has 3 heterocycles. The van der Waals surface area contributed by atoms with Crippen LogP contribution in [0.3, 0.4) is 0 Å². The van der Waals surface area contributed by atoms with Gasteiger partial charge < -0.3 is 25.0 Å². The lowest BCUT2D eigenvalue weighted by molar-refractivity contribution is -0.137. The van der Waals surface area contributed by atoms with Crippen LogP contribution in [0.5, 0.6) is 5.75 Å². The van der Waals surface area contributed by atoms with Gasteiger partial charge in [0.1, 0.15) is 5.75 Å². The lowest BCUT2D eigenvalue weighted by Crippen LogP contribution is -2.42. The molecule has 0 bridgehead atoms. The second kappa shape index (κ2) is 9.85. The fourth-order valence-corrected chi connectivity index (χ4v) is 4.71. The van der Waals surface area contributed by atoms with E-state index in [1.807, 2.05) is 6.07 Å². The SMILES string of the molecule is O=C(/C=C1\CCCOc2cc(C(F)(F)F)ccc21)Nc1ccc2c(c1)NC(=O)N(CC1CCCO1)C2. The molecule has 190 valence electrons. The Morgan fingerprint density at radius 3 is 2.81 bits per heavy atom. The number of rotatable bonds is 4. The summed E-state index contributed by atoms with van der Waals surface area (Å²) in [5.41, 5.74) is 2.34. The molecule has 0 radical (unpaired) electrons. The van der Waals surface area contributed by atoms with Crippen LogP contribution in [0, 0.1) is 0 Å². The maximum atomic E-state index is 13.1. The fourth-order valence-electron chi connectivity index (χ4n) is 4.71. The van der Waals surface area contributed by atoms with Gasteiger partial charge in [0.25, 0.3) is 0 Å². The smallest absolute Gasteiger partial charge is 0.416 e. The van der Waals surface area contributed by atoms with Gasteiger partial charge in [-0.25, -0.2) is 4.79 Å². The first-order valence-electron chi connectivity index (χ1n) is 11.9. The summed E-state index contributed by atoms with van der Waals surface area (Å²) in [6.45, 7) is 1.98. The number of hydrogen-bond acceptors (Lipinski definition) is 4. The number of carbonyl (C=O) groups is 2. The maximum absolute atomic E-state index is 13.1. The first-order chi connectivity index (χ1) is 17.3. The molecule has 1 atom stereocenters. The van der Waals surface area contributed by atoms with E-state index < -0.39 is 17.6 Å². The Morgan fingerprint density at radius 2 is 2.03 bits per heavy atom. The topological polar surface area (TPSA) is 79.9 Å². The quantitative estimate of drug-likeness (QED) is 0.548. The van der Waals surface area contributed by atoms with Crippen molar-refractivity contribution in [3.05, 3.63) is 59.2 Å². The average Bonchev–Trinajstić information content (AvgIpc) is 3.26. The van der Waals surface area contributed by atoms with E-state index in [9.17, 15) is 22.8 Å². The molecular formula is C26H26F3N3O4. The number of halogens is 3. The van der Waals surface area contributed by atoms with Crippen molar-refractivity contribution in [2.75, 3.05) is 30.4 Å². The van der Waals surface area contributed by atoms with Gasteiger partial charge in [0.2, 0.25) is 5.91 Å². The van der Waals surface area contributed by atoms with Crippen molar-refractivity contribution in [2.24, 2.45) is 0 Å². The Kier molecular flexibility index (Phi) is 6.61. The number of fused-ring (bicyclic) bond motifs is 2. The van der Waals surface area contributed by atoms with E-state index in [-0.39, 0.29) is 24.5 Å². The van der Waals surface area contributed by atoms with Gasteiger partial charge in [-0.3, -0.25) is 4.79 Å². The normalized spacial score (nSPS) is 20.8. The molecule has 0 saturated carbocycles. The Balaban J connectivity index is 1.29. The molecule has 36 heavy (non-hydrogen) atoms. The highest BCUT2D eigenvalue weighted by atomic mass is 19.4. The molecule has 1 fully saturated rings. The third-order valence-electron chi connectivity index (χ3n) is 6.52. The number of benzene rings is 2. The molecule has 3 amide bonds. The fraction of sp³-hybridized carbons (Fsp3) is 0.385. The molecule has 3 aliphatic heterocycles. The molecule has 0 spiro atoms. The van der Waals surface area contributed by atoms with Gasteiger partial charge in [0, 0.05) is 42.7 Å². The van der Waals surface area contributed by atoms with Crippen molar-refractivity contribution in [1.29, 1.82) is 0 Å². The summed E-state index contributed by atoms with van der Waals surface area (Å²) in [7, 11) is 0. The first kappa shape index (κ1) is 24.2. The van der Waals surface area contributed by atoms with E-state index in [0.29, 0.717) is 48.4 Å². The zero-order chi connectivity index (χ0) is 25.3. The van der Waals surface area contributed by atoms with E-state index >= 15 is 0 Å². The van der Waals surface area contributed by atoms with Crippen LogP contribution in [-0.4, -0.2) is 42.7 Å². The van der Waals surface area contributed by atoms with Gasteiger partial charge in [-0.2, -0.15) is 13.2 Å². The predicted molar refractivity (Wildman–Crippen MR) is 128 cm³/mol. The minimum atomic E-state index is -4.48. The maximum Gasteiger partial charge on any atom is 0.416 e. The monoisotopic (exact) mass is 501 g/mol. The number of urea groups is 1. The molecule has 2 aromatic rings. The van der Waals surface area contributed by atoms with Gasteiger partial charge in [-0.05, 0) is 61.1 Å². The van der Waals surface area contributed by atoms with Crippen molar-refractivity contribution < 1.29 is 32.2 Å². The highest BCUT2D eigenvalue weighted by Gasteiger charge is 2.32. The van der Waals surface area contributed by atoms with Crippen LogP contribution in [0.2, 0.25) is 0 Å². The van der Waals surface area contributed by atoms with E-state index in [0.717, 1.165) is 37.1 Å². The second-order valence-corrected chi connectivity index (χ2v) is 9.14. The lowest BCUT2D eigenvalue weighted by Gasteiger charge is -2.31. The third-order valence-corrected chi connectivity index (χ3v) is 6.52. The summed E-state index contributed by atoms with van der Waals surface area (Å²) in [6.07, 6.45) is -0.0180. The molecular weight excluding hydrogens is 475 g/mol. The summed E-state index contributed by atoms with van der Waals surface area (Å²) in [6, 6.07) is 8.42. The number of allylic oxidation sites excluding steroid dienone is 1. The number of anilines is 2. The van der Waals surface area contributed by atoms with Crippen molar-refractivity contribution in [3.63, 3.8) is 0 Å². The van der Waals surface area contributed by atoms with Crippen molar-refractivity contribution in [1.82, 2.24) is 4.90 Å². The van der Waals surface area contributed by atoms with Crippen LogP contribution in [-0.2, 0) is 22.3 Å². The van der Waals surface area contributed by atoms with Crippen molar-refractivity contribution in [3.8, 4) is 5.75 Å². The van der Waals surface area contributed by atoms with Gasteiger partial charge in [0.05, 0.1) is 18.3 Å². The third kappa shape index (κ3) is 5.33. The van der Waals surface area contributed by atoms with Gasteiger partial charge >= 0.3 is 12.2 Å². The van der Waals surface area contributed by atoms with Crippen LogP contribution in [0.25, 0.3) is 5.57 Å². The molecule has 5 rings (SSSR count).